The molecule has 15 heavy (non-hydrogen) atoms. The molecule has 0 saturated heterocycles. The quantitative estimate of drug-likeness (QED) is 0.690. The van der Waals surface area contributed by atoms with Gasteiger partial charge in [0.25, 0.3) is 0 Å². The minimum Gasteiger partial charge on any atom is -0.398 e. The third-order valence-electron chi connectivity index (χ3n) is 3.88. The van der Waals surface area contributed by atoms with E-state index in [9.17, 15) is 0 Å². The number of hydrogen-bond acceptors (Lipinski definition) is 2. The maximum Gasteiger partial charge on any atom is 0.0413 e. The molecule has 4 N–H and O–H groups in total. The van der Waals surface area contributed by atoms with Gasteiger partial charge in [0.05, 0.1) is 0 Å². The molecule has 0 saturated carbocycles. The van der Waals surface area contributed by atoms with Gasteiger partial charge < -0.3 is 11.5 Å². The summed E-state index contributed by atoms with van der Waals surface area (Å²) in [5.74, 6) is 0.576. The van der Waals surface area contributed by atoms with Crippen molar-refractivity contribution in [1.82, 2.24) is 0 Å². The van der Waals surface area contributed by atoms with Gasteiger partial charge in [-0.3, -0.25) is 0 Å². The minimum absolute atomic E-state index is 0.211. The number of hydrogen-bond donors (Lipinski definition) is 2. The molecule has 1 aliphatic rings. The van der Waals surface area contributed by atoms with Gasteiger partial charge in [0.15, 0.2) is 0 Å². The normalized spacial score (nSPS) is 29.9. The van der Waals surface area contributed by atoms with Crippen molar-refractivity contribution in [1.29, 1.82) is 0 Å². The molecular formula is C13H20N2. The molecule has 0 radical (unpaired) electrons. The van der Waals surface area contributed by atoms with Crippen LogP contribution in [-0.4, -0.2) is 0 Å². The first kappa shape index (κ1) is 10.5. The van der Waals surface area contributed by atoms with E-state index in [-0.39, 0.29) is 5.54 Å². The summed E-state index contributed by atoms with van der Waals surface area (Å²) in [6.45, 7) is 4.35. The zero-order valence-electron chi connectivity index (χ0n) is 9.59. The van der Waals surface area contributed by atoms with E-state index in [1.54, 1.807) is 0 Å². The van der Waals surface area contributed by atoms with Gasteiger partial charge in [-0.2, -0.15) is 0 Å². The first-order chi connectivity index (χ1) is 7.07. The van der Waals surface area contributed by atoms with Gasteiger partial charge in [0.2, 0.25) is 0 Å². The summed E-state index contributed by atoms with van der Waals surface area (Å²) in [6, 6.07) is 6.12. The van der Waals surface area contributed by atoms with Gasteiger partial charge in [-0.15, -0.1) is 0 Å². The van der Waals surface area contributed by atoms with Crippen molar-refractivity contribution in [2.75, 3.05) is 5.73 Å². The molecule has 0 aliphatic heterocycles. The molecule has 0 amide bonds. The Morgan fingerprint density at radius 1 is 1.47 bits per heavy atom. The molecule has 1 aromatic carbocycles. The van der Waals surface area contributed by atoms with Gasteiger partial charge in [0, 0.05) is 11.2 Å². The maximum absolute atomic E-state index is 6.46. The molecule has 82 valence electrons. The number of fused-ring (bicyclic) bond motifs is 1. The van der Waals surface area contributed by atoms with Gasteiger partial charge in [-0.05, 0) is 42.9 Å². The average molecular weight is 204 g/mol. The van der Waals surface area contributed by atoms with Gasteiger partial charge in [-0.25, -0.2) is 0 Å². The van der Waals surface area contributed by atoms with Crippen molar-refractivity contribution >= 4 is 5.69 Å². The maximum atomic E-state index is 6.46. The second-order valence-corrected chi connectivity index (χ2v) is 4.80. The molecule has 1 aromatic rings. The van der Waals surface area contributed by atoms with E-state index in [2.05, 4.69) is 19.9 Å². The summed E-state index contributed by atoms with van der Waals surface area (Å²) in [4.78, 5) is 0. The first-order valence-corrected chi connectivity index (χ1v) is 5.74. The predicted octanol–water partition coefficient (Wildman–Crippen LogP) is 2.42. The van der Waals surface area contributed by atoms with Crippen molar-refractivity contribution in [2.24, 2.45) is 11.7 Å². The van der Waals surface area contributed by atoms with Crippen molar-refractivity contribution in [3.63, 3.8) is 0 Å². The third kappa shape index (κ3) is 1.53. The zero-order chi connectivity index (χ0) is 11.1. The lowest BCUT2D eigenvalue weighted by Gasteiger charge is -2.40. The van der Waals surface area contributed by atoms with E-state index in [1.807, 2.05) is 12.1 Å². The molecule has 0 aromatic heterocycles. The van der Waals surface area contributed by atoms with Crippen molar-refractivity contribution < 1.29 is 0 Å². The Morgan fingerprint density at radius 2 is 2.20 bits per heavy atom. The van der Waals surface area contributed by atoms with E-state index < -0.39 is 0 Å². The van der Waals surface area contributed by atoms with Crippen molar-refractivity contribution in [2.45, 2.75) is 38.6 Å². The van der Waals surface area contributed by atoms with Crippen LogP contribution in [0.4, 0.5) is 5.69 Å². The fraction of sp³-hybridized carbons (Fsp3) is 0.538. The van der Waals surface area contributed by atoms with Crippen LogP contribution in [0.1, 0.15) is 37.8 Å². The number of nitrogens with two attached hydrogens (primary N) is 2. The van der Waals surface area contributed by atoms with Crippen LogP contribution in [0, 0.1) is 5.92 Å². The van der Waals surface area contributed by atoms with Crippen LogP contribution in [0.2, 0.25) is 0 Å². The average Bonchev–Trinajstić information content (AvgIpc) is 2.19. The van der Waals surface area contributed by atoms with E-state index >= 15 is 0 Å². The summed E-state index contributed by atoms with van der Waals surface area (Å²) < 4.78 is 0. The molecule has 2 rings (SSSR count). The summed E-state index contributed by atoms with van der Waals surface area (Å²) in [5.41, 5.74) is 15.7. The number of benzene rings is 1. The lowest BCUT2D eigenvalue weighted by Crippen LogP contribution is -2.44. The molecule has 2 unspecified atom stereocenters. The molecule has 2 heteroatoms. The molecule has 0 spiro atoms. The fourth-order valence-electron chi connectivity index (χ4n) is 2.85. The zero-order valence-corrected chi connectivity index (χ0v) is 9.59. The van der Waals surface area contributed by atoms with E-state index in [4.69, 9.17) is 11.5 Å². The number of rotatable bonds is 1. The summed E-state index contributed by atoms with van der Waals surface area (Å²) in [5, 5.41) is 0. The highest BCUT2D eigenvalue weighted by molar-refractivity contribution is 5.54. The van der Waals surface area contributed by atoms with Crippen LogP contribution in [0.25, 0.3) is 0 Å². The highest BCUT2D eigenvalue weighted by Crippen LogP contribution is 2.40. The molecule has 2 nitrogen and oxygen atoms in total. The van der Waals surface area contributed by atoms with Crippen LogP contribution >= 0.6 is 0 Å². The molecule has 0 fully saturated rings. The lowest BCUT2D eigenvalue weighted by atomic mass is 9.69. The van der Waals surface area contributed by atoms with Gasteiger partial charge >= 0.3 is 0 Å². The van der Waals surface area contributed by atoms with Gasteiger partial charge in [0.1, 0.15) is 0 Å². The van der Waals surface area contributed by atoms with Crippen LogP contribution in [-0.2, 0) is 12.0 Å². The Bertz CT molecular complexity index is 369. The molecule has 0 bridgehead atoms. The largest absolute Gasteiger partial charge is 0.398 e. The predicted molar refractivity (Wildman–Crippen MR) is 64.5 cm³/mol. The highest BCUT2D eigenvalue weighted by atomic mass is 14.8. The highest BCUT2D eigenvalue weighted by Gasteiger charge is 2.36. The third-order valence-corrected chi connectivity index (χ3v) is 3.88. The number of anilines is 1. The van der Waals surface area contributed by atoms with Crippen LogP contribution in [0.3, 0.4) is 0 Å². The molecule has 2 atom stereocenters. The van der Waals surface area contributed by atoms with E-state index in [0.717, 1.165) is 24.9 Å². The van der Waals surface area contributed by atoms with E-state index in [0.29, 0.717) is 5.92 Å². The van der Waals surface area contributed by atoms with E-state index in [1.165, 1.54) is 11.1 Å². The summed E-state index contributed by atoms with van der Waals surface area (Å²) in [7, 11) is 0. The van der Waals surface area contributed by atoms with Crippen LogP contribution < -0.4 is 11.5 Å². The Labute approximate surface area is 91.7 Å². The second kappa shape index (κ2) is 3.53. The number of nitrogen functional groups attached to an aromatic ring is 1. The Morgan fingerprint density at radius 3 is 2.87 bits per heavy atom. The summed E-state index contributed by atoms with van der Waals surface area (Å²) in [6.07, 6.45) is 3.37. The molecule has 0 heterocycles. The smallest absolute Gasteiger partial charge is 0.0413 e. The minimum atomic E-state index is -0.211. The monoisotopic (exact) mass is 204 g/mol. The Balaban J connectivity index is 2.52. The standard InChI is InChI=1S/C13H20N2/c1-3-9-7-8-10-11(13(9,2)15)5-4-6-12(10)14/h4-6,9H,3,7-8,14-15H2,1-2H3. The van der Waals surface area contributed by atoms with Crippen molar-refractivity contribution in [3.05, 3.63) is 29.3 Å². The molecular weight excluding hydrogens is 184 g/mol. The Hall–Kier alpha value is -1.02. The Kier molecular flexibility index (Phi) is 2.47. The van der Waals surface area contributed by atoms with Crippen LogP contribution in [0.5, 0.6) is 0 Å². The van der Waals surface area contributed by atoms with Gasteiger partial charge in [-0.1, -0.05) is 25.5 Å². The van der Waals surface area contributed by atoms with Crippen LogP contribution in [0.15, 0.2) is 18.2 Å². The SMILES string of the molecule is CCC1CCc2c(N)cccc2C1(C)N. The van der Waals surface area contributed by atoms with Crippen molar-refractivity contribution in [3.8, 4) is 0 Å². The fourth-order valence-corrected chi connectivity index (χ4v) is 2.85. The topological polar surface area (TPSA) is 52.0 Å². The first-order valence-electron chi connectivity index (χ1n) is 5.74. The lowest BCUT2D eigenvalue weighted by molar-refractivity contribution is 0.255. The second-order valence-electron chi connectivity index (χ2n) is 4.80. The summed E-state index contributed by atoms with van der Waals surface area (Å²) >= 11 is 0. The molecule has 1 aliphatic carbocycles.